The van der Waals surface area contributed by atoms with Gasteiger partial charge in [-0.05, 0) is 24.9 Å². The van der Waals surface area contributed by atoms with Crippen molar-refractivity contribution in [1.29, 1.82) is 0 Å². The summed E-state index contributed by atoms with van der Waals surface area (Å²) in [5.74, 6) is 2.66. The number of hydrogen-bond acceptors (Lipinski definition) is 5. The molecule has 0 aliphatic carbocycles. The first-order valence-corrected chi connectivity index (χ1v) is 9.60. The van der Waals surface area contributed by atoms with E-state index >= 15 is 0 Å². The fourth-order valence-electron chi connectivity index (χ4n) is 3.19. The van der Waals surface area contributed by atoms with Crippen molar-refractivity contribution in [3.63, 3.8) is 0 Å². The Bertz CT molecular complexity index is 645. The molecule has 2 aromatic rings. The molecule has 3 heterocycles. The number of aliphatic hydroxyl groups is 1. The summed E-state index contributed by atoms with van der Waals surface area (Å²) < 4.78 is 0. The minimum absolute atomic E-state index is 0.203. The third kappa shape index (κ3) is 3.87. The lowest BCUT2D eigenvalue weighted by atomic mass is 10.1. The zero-order valence-corrected chi connectivity index (χ0v) is 14.8. The molecule has 0 radical (unpaired) electrons. The first kappa shape index (κ1) is 16.7. The van der Waals surface area contributed by atoms with Gasteiger partial charge >= 0.3 is 0 Å². The summed E-state index contributed by atoms with van der Waals surface area (Å²) in [5.41, 5.74) is 4.20. The zero-order chi connectivity index (χ0) is 16.2. The number of H-pyrrole nitrogens is 1. The molecule has 1 fully saturated rings. The molecule has 6 heteroatoms. The third-order valence-electron chi connectivity index (χ3n) is 4.58. The Morgan fingerprint density at radius 1 is 1.39 bits per heavy atom. The van der Waals surface area contributed by atoms with Crippen molar-refractivity contribution in [3.05, 3.63) is 23.8 Å². The van der Waals surface area contributed by atoms with Crippen LogP contribution in [-0.2, 0) is 6.54 Å². The highest BCUT2D eigenvalue weighted by atomic mass is 32.2. The van der Waals surface area contributed by atoms with Crippen LogP contribution in [0.5, 0.6) is 0 Å². The number of likely N-dealkylation sites (tertiary alicyclic amines) is 1. The Morgan fingerprint density at radius 3 is 3.09 bits per heavy atom. The second-order valence-electron chi connectivity index (χ2n) is 6.45. The molecule has 1 aliphatic heterocycles. The molecular formula is C17H26N4OS. The minimum Gasteiger partial charge on any atom is -0.391 e. The van der Waals surface area contributed by atoms with Crippen LogP contribution in [0.4, 0.5) is 0 Å². The Labute approximate surface area is 141 Å². The number of β-amino-alcohol motifs (C(OH)–C–C–N with tert-alkyl or cyclic N) is 1. The van der Waals surface area contributed by atoms with Crippen LogP contribution >= 0.6 is 11.8 Å². The van der Waals surface area contributed by atoms with Crippen LogP contribution < -0.4 is 0 Å². The highest BCUT2D eigenvalue weighted by Gasteiger charge is 2.31. The minimum atomic E-state index is -0.203. The number of nitrogens with zero attached hydrogens (tertiary/aromatic N) is 3. The number of aryl methyl sites for hydroxylation is 1. The molecule has 0 spiro atoms. The molecule has 3 rings (SSSR count). The van der Waals surface area contributed by atoms with E-state index in [1.54, 1.807) is 6.33 Å². The fourth-order valence-corrected chi connectivity index (χ4v) is 4.48. The molecule has 0 amide bonds. The van der Waals surface area contributed by atoms with E-state index < -0.39 is 0 Å². The van der Waals surface area contributed by atoms with Gasteiger partial charge in [0.25, 0.3) is 0 Å². The van der Waals surface area contributed by atoms with Crippen LogP contribution in [0.15, 0.2) is 12.5 Å². The average molecular weight is 334 g/mol. The van der Waals surface area contributed by atoms with E-state index in [1.165, 1.54) is 24.2 Å². The number of aromatic nitrogens is 3. The van der Waals surface area contributed by atoms with Crippen molar-refractivity contribution in [3.8, 4) is 0 Å². The lowest BCUT2D eigenvalue weighted by Gasteiger charge is -2.14. The van der Waals surface area contributed by atoms with Gasteiger partial charge < -0.3 is 10.1 Å². The van der Waals surface area contributed by atoms with Gasteiger partial charge in [0.15, 0.2) is 0 Å². The number of fused-ring (bicyclic) bond motifs is 1. The molecule has 1 saturated heterocycles. The van der Waals surface area contributed by atoms with Gasteiger partial charge in [0.1, 0.15) is 6.33 Å². The fraction of sp³-hybridized carbons (Fsp3) is 0.647. The molecule has 2 aromatic heterocycles. The summed E-state index contributed by atoms with van der Waals surface area (Å²) in [6.45, 7) is 6.78. The van der Waals surface area contributed by atoms with Crippen molar-refractivity contribution in [1.82, 2.24) is 19.9 Å². The van der Waals surface area contributed by atoms with Crippen LogP contribution in [0.2, 0.25) is 0 Å². The number of hydrogen-bond donors (Lipinski definition) is 2. The van der Waals surface area contributed by atoms with Crippen LogP contribution in [0.25, 0.3) is 11.0 Å². The SMILES string of the molecule is CCCCSC[C@H]1CN(Cc2c[nH]c3c(C)ncnc23)C[C@H]1O. The highest BCUT2D eigenvalue weighted by Crippen LogP contribution is 2.25. The van der Waals surface area contributed by atoms with E-state index in [0.717, 1.165) is 42.1 Å². The number of aromatic amines is 1. The Balaban J connectivity index is 1.59. The smallest absolute Gasteiger partial charge is 0.116 e. The van der Waals surface area contributed by atoms with E-state index in [9.17, 15) is 5.11 Å². The maximum absolute atomic E-state index is 10.3. The van der Waals surface area contributed by atoms with Crippen molar-refractivity contribution >= 4 is 22.8 Å². The number of rotatable bonds is 7. The lowest BCUT2D eigenvalue weighted by Crippen LogP contribution is -2.21. The molecule has 23 heavy (non-hydrogen) atoms. The standard InChI is InChI=1S/C17H26N4OS/c1-3-4-5-23-10-14-8-21(9-15(14)22)7-13-6-18-16-12(2)19-11-20-17(13)16/h6,11,14-15,18,22H,3-5,7-10H2,1-2H3/t14-,15-/m1/s1. The van der Waals surface area contributed by atoms with Gasteiger partial charge in [-0.15, -0.1) is 0 Å². The van der Waals surface area contributed by atoms with Crippen molar-refractivity contribution in [2.45, 2.75) is 39.3 Å². The van der Waals surface area contributed by atoms with Crippen LogP contribution in [0, 0.1) is 12.8 Å². The van der Waals surface area contributed by atoms with Gasteiger partial charge in [0.2, 0.25) is 0 Å². The van der Waals surface area contributed by atoms with Gasteiger partial charge in [-0.1, -0.05) is 13.3 Å². The highest BCUT2D eigenvalue weighted by molar-refractivity contribution is 7.99. The lowest BCUT2D eigenvalue weighted by molar-refractivity contribution is 0.149. The van der Waals surface area contributed by atoms with Crippen molar-refractivity contribution < 1.29 is 5.11 Å². The van der Waals surface area contributed by atoms with Crippen LogP contribution in [0.1, 0.15) is 31.0 Å². The number of nitrogens with one attached hydrogen (secondary N) is 1. The molecule has 0 unspecified atom stereocenters. The van der Waals surface area contributed by atoms with Crippen LogP contribution in [-0.4, -0.2) is 55.7 Å². The second kappa shape index (κ2) is 7.64. The molecule has 5 nitrogen and oxygen atoms in total. The zero-order valence-electron chi connectivity index (χ0n) is 14.0. The van der Waals surface area contributed by atoms with Crippen molar-refractivity contribution in [2.24, 2.45) is 5.92 Å². The summed E-state index contributed by atoms with van der Waals surface area (Å²) in [4.78, 5) is 14.3. The molecule has 0 saturated carbocycles. The number of thioether (sulfide) groups is 1. The summed E-state index contributed by atoms with van der Waals surface area (Å²) >= 11 is 1.98. The topological polar surface area (TPSA) is 65.0 Å². The van der Waals surface area contributed by atoms with Gasteiger partial charge in [0, 0.05) is 37.3 Å². The quantitative estimate of drug-likeness (QED) is 0.762. The van der Waals surface area contributed by atoms with Gasteiger partial charge in [-0.25, -0.2) is 9.97 Å². The van der Waals surface area contributed by atoms with E-state index in [1.807, 2.05) is 24.9 Å². The Kier molecular flexibility index (Phi) is 5.56. The molecule has 1 aliphatic rings. The van der Waals surface area contributed by atoms with E-state index in [2.05, 4.69) is 26.8 Å². The maximum Gasteiger partial charge on any atom is 0.116 e. The summed E-state index contributed by atoms with van der Waals surface area (Å²) in [6.07, 6.45) is 5.97. The van der Waals surface area contributed by atoms with E-state index in [4.69, 9.17) is 0 Å². The molecule has 2 N–H and O–H groups in total. The van der Waals surface area contributed by atoms with Crippen LogP contribution in [0.3, 0.4) is 0 Å². The first-order chi connectivity index (χ1) is 11.2. The molecule has 0 bridgehead atoms. The predicted molar refractivity (Wildman–Crippen MR) is 95.6 cm³/mol. The van der Waals surface area contributed by atoms with Gasteiger partial charge in [-0.2, -0.15) is 11.8 Å². The molecule has 0 aromatic carbocycles. The van der Waals surface area contributed by atoms with Gasteiger partial charge in [0.05, 0.1) is 22.8 Å². The maximum atomic E-state index is 10.3. The summed E-state index contributed by atoms with van der Waals surface area (Å²) in [7, 11) is 0. The molecule has 2 atom stereocenters. The normalized spacial score (nSPS) is 22.2. The molecule has 126 valence electrons. The Morgan fingerprint density at radius 2 is 2.26 bits per heavy atom. The average Bonchev–Trinajstić information content (AvgIpc) is 3.09. The van der Waals surface area contributed by atoms with Gasteiger partial charge in [-0.3, -0.25) is 4.90 Å². The monoisotopic (exact) mass is 334 g/mol. The summed E-state index contributed by atoms with van der Waals surface area (Å²) in [5, 5.41) is 10.3. The van der Waals surface area contributed by atoms with E-state index in [-0.39, 0.29) is 6.10 Å². The molecular weight excluding hydrogens is 308 g/mol. The third-order valence-corrected chi connectivity index (χ3v) is 5.82. The van der Waals surface area contributed by atoms with Crippen molar-refractivity contribution in [2.75, 3.05) is 24.6 Å². The summed E-state index contributed by atoms with van der Waals surface area (Å²) in [6, 6.07) is 0. The Hall–Kier alpha value is -1.11. The van der Waals surface area contributed by atoms with E-state index in [0.29, 0.717) is 5.92 Å². The number of aliphatic hydroxyl groups excluding tert-OH is 1. The number of unbranched alkanes of at least 4 members (excludes halogenated alkanes) is 1. The largest absolute Gasteiger partial charge is 0.391 e. The predicted octanol–water partition coefficient (Wildman–Crippen LogP) is 2.59. The second-order valence-corrected chi connectivity index (χ2v) is 7.60. The first-order valence-electron chi connectivity index (χ1n) is 8.44.